The van der Waals surface area contributed by atoms with Gasteiger partial charge < -0.3 is 42.4 Å². The number of hydrogen-bond acceptors (Lipinski definition) is 9. The molecule has 0 fully saturated rings. The Hall–Kier alpha value is -2.25. The van der Waals surface area contributed by atoms with Crippen LogP contribution < -0.4 is 14.2 Å². The van der Waals surface area contributed by atoms with E-state index in [-0.39, 0.29) is 19.8 Å². The van der Waals surface area contributed by atoms with Gasteiger partial charge in [0.25, 0.3) is 0 Å². The molecule has 3 rings (SSSR count). The van der Waals surface area contributed by atoms with E-state index < -0.39 is 24.0 Å². The van der Waals surface area contributed by atoms with Crippen molar-refractivity contribution < 1.29 is 42.4 Å². The average molecular weight is 658 g/mol. The van der Waals surface area contributed by atoms with E-state index in [0.29, 0.717) is 19.8 Å². The van der Waals surface area contributed by atoms with Gasteiger partial charge in [0.05, 0.1) is 61.0 Å². The fourth-order valence-corrected chi connectivity index (χ4v) is 4.07. The highest BCUT2D eigenvalue weighted by Crippen LogP contribution is 2.17. The van der Waals surface area contributed by atoms with Crippen LogP contribution in [0.4, 0.5) is 0 Å². The van der Waals surface area contributed by atoms with Crippen LogP contribution in [0.2, 0.25) is 0 Å². The molecule has 0 heterocycles. The minimum atomic E-state index is -1.33. The molecule has 0 bridgehead atoms. The third-order valence-electron chi connectivity index (χ3n) is 5.81. The van der Waals surface area contributed by atoms with Crippen LogP contribution in [-0.4, -0.2) is 65.2 Å². The Morgan fingerprint density at radius 2 is 0.721 bits per heavy atom. The van der Waals surface area contributed by atoms with Gasteiger partial charge >= 0.3 is 7.32 Å². The van der Waals surface area contributed by atoms with Crippen LogP contribution in [0.1, 0.15) is 16.7 Å². The fraction of sp³-hybridized carbons (Fsp3) is 0.400. The molecule has 0 aliphatic rings. The number of benzene rings is 3. The number of methoxy groups -OCH3 is 3. The summed E-state index contributed by atoms with van der Waals surface area (Å²) in [5.74, 6) is 2.27. The Bertz CT molecular complexity index is 1010. The lowest BCUT2D eigenvalue weighted by Gasteiger charge is -2.22. The van der Waals surface area contributed by atoms with Crippen LogP contribution >= 0.6 is 34.8 Å². The Labute approximate surface area is 268 Å². The summed E-state index contributed by atoms with van der Waals surface area (Å²) in [5.41, 5.74) is 0.0272. The highest BCUT2D eigenvalue weighted by atomic mass is 35.5. The summed E-state index contributed by atoms with van der Waals surface area (Å²) in [6.45, 7) is 1.07. The van der Waals surface area contributed by atoms with Gasteiger partial charge in [-0.05, 0) is 53.1 Å². The zero-order valence-electron chi connectivity index (χ0n) is 24.3. The molecule has 0 saturated carbocycles. The molecule has 0 saturated heterocycles. The summed E-state index contributed by atoms with van der Waals surface area (Å²) in [6, 6.07) is 22.5. The quantitative estimate of drug-likeness (QED) is 0.0956. The van der Waals surface area contributed by atoms with Crippen LogP contribution in [-0.2, 0) is 48.0 Å². The minimum absolute atomic E-state index is 0.0403. The standard InChI is InChI=1S/C30H36BCl3O9/c1-35-25-10-4-22(5-11-25)16-38-19-28(32)41-31(42-29(33)20-39-17-23-6-12-26(36-2)13-7-23)43-30(34)21-40-18-24-8-14-27(37-3)15-9-24/h4-15,28-30H,16-21H2,1-3H3. The van der Waals surface area contributed by atoms with Crippen molar-refractivity contribution in [2.75, 3.05) is 41.2 Å². The molecule has 0 aromatic heterocycles. The van der Waals surface area contributed by atoms with E-state index in [9.17, 15) is 0 Å². The third kappa shape index (κ3) is 13.9. The predicted octanol–water partition coefficient (Wildman–Crippen LogP) is 6.39. The second kappa shape index (κ2) is 19.9. The van der Waals surface area contributed by atoms with Crippen molar-refractivity contribution in [3.05, 3.63) is 89.5 Å². The van der Waals surface area contributed by atoms with Gasteiger partial charge in [0.15, 0.2) is 0 Å². The first kappa shape index (κ1) is 35.2. The van der Waals surface area contributed by atoms with Crippen molar-refractivity contribution in [1.29, 1.82) is 0 Å². The second-order valence-electron chi connectivity index (χ2n) is 9.02. The second-order valence-corrected chi connectivity index (χ2v) is 10.5. The smallest absolute Gasteiger partial charge is 0.497 e. The fourth-order valence-electron chi connectivity index (χ4n) is 3.55. The van der Waals surface area contributed by atoms with E-state index in [1.54, 1.807) is 21.3 Å². The van der Waals surface area contributed by atoms with E-state index >= 15 is 0 Å². The minimum Gasteiger partial charge on any atom is -0.497 e. The zero-order chi connectivity index (χ0) is 30.9. The molecule has 0 aliphatic heterocycles. The zero-order valence-corrected chi connectivity index (χ0v) is 26.6. The summed E-state index contributed by atoms with van der Waals surface area (Å²) < 4.78 is 49.7. The normalized spacial score (nSPS) is 13.3. The number of ether oxygens (including phenoxy) is 6. The van der Waals surface area contributed by atoms with E-state index in [4.69, 9.17) is 77.2 Å². The molecule has 0 spiro atoms. The van der Waals surface area contributed by atoms with Crippen LogP contribution in [0.3, 0.4) is 0 Å². The van der Waals surface area contributed by atoms with Crippen molar-refractivity contribution in [2.45, 2.75) is 36.5 Å². The molecule has 0 amide bonds. The van der Waals surface area contributed by atoms with Gasteiger partial charge in [-0.2, -0.15) is 0 Å². The molecule has 13 heteroatoms. The maximum Gasteiger partial charge on any atom is 0.642 e. The van der Waals surface area contributed by atoms with Crippen LogP contribution in [0.5, 0.6) is 17.2 Å². The molecule has 0 aliphatic carbocycles. The lowest BCUT2D eigenvalue weighted by molar-refractivity contribution is -0.0107. The summed E-state index contributed by atoms with van der Waals surface area (Å²) in [7, 11) is 3.50. The molecule has 0 radical (unpaired) electrons. The van der Waals surface area contributed by atoms with Gasteiger partial charge in [-0.1, -0.05) is 71.2 Å². The highest BCUT2D eigenvalue weighted by molar-refractivity contribution is 6.40. The van der Waals surface area contributed by atoms with Gasteiger partial charge in [0.2, 0.25) is 0 Å². The summed E-state index contributed by atoms with van der Waals surface area (Å²) in [5, 5.41) is 0. The van der Waals surface area contributed by atoms with Gasteiger partial charge in [-0.15, -0.1) is 0 Å². The molecule has 3 atom stereocenters. The number of halogens is 3. The van der Waals surface area contributed by atoms with Crippen molar-refractivity contribution in [2.24, 2.45) is 0 Å². The van der Waals surface area contributed by atoms with E-state index in [1.165, 1.54) is 0 Å². The van der Waals surface area contributed by atoms with Crippen molar-refractivity contribution in [3.8, 4) is 17.2 Å². The summed E-state index contributed by atoms with van der Waals surface area (Å²) in [6.07, 6.45) is 0. The first-order chi connectivity index (χ1) is 20.9. The molecule has 234 valence electrons. The van der Waals surface area contributed by atoms with Crippen molar-refractivity contribution in [3.63, 3.8) is 0 Å². The molecule has 3 unspecified atom stereocenters. The first-order valence-corrected chi connectivity index (χ1v) is 14.7. The van der Waals surface area contributed by atoms with E-state index in [2.05, 4.69) is 0 Å². The maximum atomic E-state index is 6.38. The van der Waals surface area contributed by atoms with Crippen LogP contribution in [0.15, 0.2) is 72.8 Å². The highest BCUT2D eigenvalue weighted by Gasteiger charge is 2.31. The van der Waals surface area contributed by atoms with E-state index in [0.717, 1.165) is 33.9 Å². The van der Waals surface area contributed by atoms with Crippen LogP contribution in [0, 0.1) is 0 Å². The molecule has 43 heavy (non-hydrogen) atoms. The third-order valence-corrected chi connectivity index (χ3v) is 6.49. The SMILES string of the molecule is COc1ccc(COCC(Cl)OB(OC(Cl)COCc2ccc(OC)cc2)OC(Cl)COCc2ccc(OC)cc2)cc1. The molecular weight excluding hydrogens is 621 g/mol. The summed E-state index contributed by atoms with van der Waals surface area (Å²) >= 11 is 19.1. The Morgan fingerprint density at radius 3 is 0.953 bits per heavy atom. The van der Waals surface area contributed by atoms with Crippen molar-refractivity contribution in [1.82, 2.24) is 0 Å². The molecule has 3 aromatic carbocycles. The first-order valence-electron chi connectivity index (χ1n) is 13.4. The predicted molar refractivity (Wildman–Crippen MR) is 166 cm³/mol. The molecule has 0 N–H and O–H groups in total. The van der Waals surface area contributed by atoms with Crippen LogP contribution in [0.25, 0.3) is 0 Å². The number of rotatable bonds is 21. The van der Waals surface area contributed by atoms with Gasteiger partial charge in [0.1, 0.15) is 33.9 Å². The van der Waals surface area contributed by atoms with E-state index in [1.807, 2.05) is 72.8 Å². The topological polar surface area (TPSA) is 83.1 Å². The Balaban J connectivity index is 1.47. The lowest BCUT2D eigenvalue weighted by Crippen LogP contribution is -2.38. The van der Waals surface area contributed by atoms with Gasteiger partial charge in [0, 0.05) is 0 Å². The molecule has 3 aromatic rings. The van der Waals surface area contributed by atoms with Crippen molar-refractivity contribution >= 4 is 42.1 Å². The van der Waals surface area contributed by atoms with Gasteiger partial charge in [-0.25, -0.2) is 0 Å². The average Bonchev–Trinajstić information content (AvgIpc) is 3.02. The number of alkyl halides is 3. The summed E-state index contributed by atoms with van der Waals surface area (Å²) in [4.78, 5) is 0. The lowest BCUT2D eigenvalue weighted by atomic mass is 10.2. The Kier molecular flexibility index (Phi) is 16.3. The van der Waals surface area contributed by atoms with Gasteiger partial charge in [-0.3, -0.25) is 0 Å². The Morgan fingerprint density at radius 1 is 0.465 bits per heavy atom. The molecule has 9 nitrogen and oxygen atoms in total. The largest absolute Gasteiger partial charge is 0.642 e. The monoisotopic (exact) mass is 656 g/mol. The number of hydrogen-bond donors (Lipinski definition) is 0. The molecular formula is C30H36BCl3O9. The maximum absolute atomic E-state index is 6.38.